The molecule has 2 aliphatic rings. The number of nitrogens with zero attached hydrogens (tertiary/aromatic N) is 2. The lowest BCUT2D eigenvalue weighted by Crippen LogP contribution is -2.35. The van der Waals surface area contributed by atoms with E-state index in [9.17, 15) is 5.26 Å². The van der Waals surface area contributed by atoms with Crippen LogP contribution in [0.3, 0.4) is 0 Å². The second-order valence-corrected chi connectivity index (χ2v) is 7.76. The van der Waals surface area contributed by atoms with E-state index in [1.807, 2.05) is 36.4 Å². The highest BCUT2D eigenvalue weighted by molar-refractivity contribution is 5.71. The summed E-state index contributed by atoms with van der Waals surface area (Å²) in [4.78, 5) is 2.41. The number of nitriles is 1. The molecule has 2 N–H and O–H groups in total. The minimum atomic E-state index is -0.197. The molecular formula is C25H25N3O. The van der Waals surface area contributed by atoms with Crippen LogP contribution in [0.2, 0.25) is 0 Å². The van der Waals surface area contributed by atoms with Gasteiger partial charge < -0.3 is 10.5 Å². The van der Waals surface area contributed by atoms with Crippen molar-refractivity contribution in [1.29, 1.82) is 5.26 Å². The Morgan fingerprint density at radius 2 is 1.69 bits per heavy atom. The van der Waals surface area contributed by atoms with Crippen LogP contribution in [0.15, 0.2) is 89.5 Å². The van der Waals surface area contributed by atoms with Gasteiger partial charge in [0.15, 0.2) is 0 Å². The average molecular weight is 383 g/mol. The van der Waals surface area contributed by atoms with Gasteiger partial charge in [-0.05, 0) is 42.2 Å². The number of hydrogen-bond acceptors (Lipinski definition) is 4. The summed E-state index contributed by atoms with van der Waals surface area (Å²) < 4.78 is 6.02. The summed E-state index contributed by atoms with van der Waals surface area (Å²) in [7, 11) is 0. The van der Waals surface area contributed by atoms with Crippen LogP contribution in [0, 0.1) is 11.3 Å². The second kappa shape index (κ2) is 7.98. The summed E-state index contributed by atoms with van der Waals surface area (Å²) in [6.45, 7) is 5.93. The molecule has 0 amide bonds. The molecule has 2 aromatic rings. The van der Waals surface area contributed by atoms with Crippen molar-refractivity contribution < 1.29 is 4.74 Å². The van der Waals surface area contributed by atoms with Crippen molar-refractivity contribution in [3.63, 3.8) is 0 Å². The Kier molecular flexibility index (Phi) is 5.24. The van der Waals surface area contributed by atoms with Crippen molar-refractivity contribution in [3.8, 4) is 6.07 Å². The zero-order chi connectivity index (χ0) is 20.4. The van der Waals surface area contributed by atoms with E-state index in [1.54, 1.807) is 0 Å². The molecule has 0 fully saturated rings. The molecular weight excluding hydrogens is 358 g/mol. The van der Waals surface area contributed by atoms with Gasteiger partial charge in [0.1, 0.15) is 17.4 Å². The Morgan fingerprint density at radius 3 is 2.31 bits per heavy atom. The van der Waals surface area contributed by atoms with Crippen LogP contribution in [0.25, 0.3) is 5.57 Å². The third kappa shape index (κ3) is 3.70. The number of ether oxygens (including phenoxy) is 1. The number of rotatable bonds is 3. The number of hydrogen-bond donors (Lipinski definition) is 1. The molecule has 4 nitrogen and oxygen atoms in total. The van der Waals surface area contributed by atoms with E-state index in [-0.39, 0.29) is 11.8 Å². The lowest BCUT2D eigenvalue weighted by atomic mass is 9.82. The number of benzene rings is 2. The van der Waals surface area contributed by atoms with E-state index in [0.717, 1.165) is 30.0 Å². The molecule has 29 heavy (non-hydrogen) atoms. The summed E-state index contributed by atoms with van der Waals surface area (Å²) >= 11 is 0. The third-order valence-corrected chi connectivity index (χ3v) is 5.62. The molecule has 0 aromatic heterocycles. The minimum absolute atomic E-state index is 0.196. The second-order valence-electron chi connectivity index (χ2n) is 7.76. The summed E-state index contributed by atoms with van der Waals surface area (Å²) in [6.07, 6.45) is 2.10. The van der Waals surface area contributed by atoms with Crippen LogP contribution in [0.4, 0.5) is 0 Å². The van der Waals surface area contributed by atoms with E-state index in [1.165, 1.54) is 11.1 Å². The lowest BCUT2D eigenvalue weighted by Gasteiger charge is -2.32. The van der Waals surface area contributed by atoms with Crippen LogP contribution < -0.4 is 5.73 Å². The quantitative estimate of drug-likeness (QED) is 0.844. The van der Waals surface area contributed by atoms with Gasteiger partial charge in [0.05, 0.1) is 5.92 Å². The van der Waals surface area contributed by atoms with Gasteiger partial charge in [0.2, 0.25) is 5.88 Å². The minimum Gasteiger partial charge on any atom is -0.440 e. The Hall–Kier alpha value is -3.29. The first-order chi connectivity index (χ1) is 14.1. The maximum Gasteiger partial charge on any atom is 0.205 e. The molecule has 146 valence electrons. The maximum atomic E-state index is 9.84. The van der Waals surface area contributed by atoms with Gasteiger partial charge in [-0.2, -0.15) is 5.26 Å². The van der Waals surface area contributed by atoms with Gasteiger partial charge in [-0.3, -0.25) is 4.90 Å². The number of allylic oxidation sites excluding steroid dienone is 2. The topological polar surface area (TPSA) is 62.3 Å². The molecule has 0 spiro atoms. The summed E-state index contributed by atoms with van der Waals surface area (Å²) in [5.41, 5.74) is 11.2. The SMILES string of the molecule is CC(C)N1CC(c2ccccc2)=CC2=C(C1)C(c1ccccc1)C(C#N)=C(N)O2. The van der Waals surface area contributed by atoms with Gasteiger partial charge in [-0.15, -0.1) is 0 Å². The van der Waals surface area contributed by atoms with Crippen molar-refractivity contribution in [2.24, 2.45) is 5.73 Å². The van der Waals surface area contributed by atoms with E-state index in [2.05, 4.69) is 55.2 Å². The molecule has 0 radical (unpaired) electrons. The molecule has 0 aliphatic carbocycles. The zero-order valence-electron chi connectivity index (χ0n) is 16.8. The monoisotopic (exact) mass is 383 g/mol. The largest absolute Gasteiger partial charge is 0.440 e. The molecule has 2 aromatic carbocycles. The Balaban J connectivity index is 1.89. The van der Waals surface area contributed by atoms with Crippen LogP contribution in [0.1, 0.15) is 30.9 Å². The summed E-state index contributed by atoms with van der Waals surface area (Å²) in [5.74, 6) is 0.761. The van der Waals surface area contributed by atoms with Crippen LogP contribution >= 0.6 is 0 Å². The molecule has 0 saturated carbocycles. The van der Waals surface area contributed by atoms with E-state index in [4.69, 9.17) is 10.5 Å². The summed E-state index contributed by atoms with van der Waals surface area (Å²) in [6, 6.07) is 23.1. The Bertz CT molecular complexity index is 1030. The van der Waals surface area contributed by atoms with Crippen LogP contribution in [-0.4, -0.2) is 24.0 Å². The first kappa shape index (κ1) is 19.0. The fourth-order valence-corrected chi connectivity index (χ4v) is 4.01. The predicted octanol–water partition coefficient (Wildman–Crippen LogP) is 4.56. The van der Waals surface area contributed by atoms with Gasteiger partial charge in [-0.1, -0.05) is 60.7 Å². The first-order valence-electron chi connectivity index (χ1n) is 9.94. The highest BCUT2D eigenvalue weighted by Gasteiger charge is 2.35. The zero-order valence-corrected chi connectivity index (χ0v) is 16.8. The fraction of sp³-hybridized carbons (Fsp3) is 0.240. The Morgan fingerprint density at radius 1 is 1.03 bits per heavy atom. The van der Waals surface area contributed by atoms with E-state index >= 15 is 0 Å². The smallest absolute Gasteiger partial charge is 0.205 e. The van der Waals surface area contributed by atoms with Crippen molar-refractivity contribution >= 4 is 5.57 Å². The van der Waals surface area contributed by atoms with E-state index < -0.39 is 0 Å². The van der Waals surface area contributed by atoms with Gasteiger partial charge in [-0.25, -0.2) is 0 Å². The fourth-order valence-electron chi connectivity index (χ4n) is 4.01. The normalized spacial score (nSPS) is 19.9. The highest BCUT2D eigenvalue weighted by Crippen LogP contribution is 2.42. The highest BCUT2D eigenvalue weighted by atomic mass is 16.5. The maximum absolute atomic E-state index is 9.84. The predicted molar refractivity (Wildman–Crippen MR) is 115 cm³/mol. The Labute approximate surface area is 172 Å². The van der Waals surface area contributed by atoms with Gasteiger partial charge >= 0.3 is 0 Å². The third-order valence-electron chi connectivity index (χ3n) is 5.62. The van der Waals surface area contributed by atoms with Gasteiger partial charge in [0, 0.05) is 19.1 Å². The molecule has 1 atom stereocenters. The standard InChI is InChI=1S/C25H25N3O/c1-17(2)28-15-20(18-9-5-3-6-10-18)13-23-22(16-28)24(19-11-7-4-8-12-19)21(14-26)25(27)29-23/h3-13,17,24H,15-16,27H2,1-2H3. The average Bonchev–Trinajstić information content (AvgIpc) is 2.94. The molecule has 4 heteroatoms. The van der Waals surface area contributed by atoms with Gasteiger partial charge in [0.25, 0.3) is 0 Å². The lowest BCUT2D eigenvalue weighted by molar-refractivity contribution is 0.252. The summed E-state index contributed by atoms with van der Waals surface area (Å²) in [5, 5.41) is 9.84. The van der Waals surface area contributed by atoms with E-state index in [0.29, 0.717) is 11.6 Å². The molecule has 4 rings (SSSR count). The number of nitrogens with two attached hydrogens (primary N) is 1. The van der Waals surface area contributed by atoms with Crippen LogP contribution in [0.5, 0.6) is 0 Å². The first-order valence-corrected chi connectivity index (χ1v) is 9.94. The molecule has 2 heterocycles. The van der Waals surface area contributed by atoms with Crippen molar-refractivity contribution in [2.75, 3.05) is 13.1 Å². The van der Waals surface area contributed by atoms with Crippen molar-refractivity contribution in [3.05, 3.63) is 101 Å². The molecule has 2 aliphatic heterocycles. The molecule has 1 unspecified atom stereocenters. The van der Waals surface area contributed by atoms with Crippen molar-refractivity contribution in [1.82, 2.24) is 4.90 Å². The molecule has 0 saturated heterocycles. The molecule has 0 bridgehead atoms. The van der Waals surface area contributed by atoms with Crippen molar-refractivity contribution in [2.45, 2.75) is 25.8 Å². The van der Waals surface area contributed by atoms with Crippen LogP contribution in [-0.2, 0) is 4.74 Å².